The molecule has 8 aromatic rings. The Bertz CT molecular complexity index is 2530. The normalized spacial score (nSPS) is 12.1. The molecular weight excluding hydrogens is 651 g/mol. The van der Waals surface area contributed by atoms with Crippen molar-refractivity contribution in [2.24, 2.45) is 0 Å². The van der Waals surface area contributed by atoms with Gasteiger partial charge in [0.05, 0.1) is 0 Å². The first kappa shape index (κ1) is 33.4. The van der Waals surface area contributed by atoms with Crippen LogP contribution in [0.1, 0.15) is 34.2 Å². The lowest BCUT2D eigenvalue weighted by atomic mass is 9.88. The molecule has 0 atom stereocenters. The van der Waals surface area contributed by atoms with Gasteiger partial charge < -0.3 is 4.90 Å². The van der Waals surface area contributed by atoms with Crippen LogP contribution in [0.5, 0.6) is 0 Å². The lowest BCUT2D eigenvalue weighted by molar-refractivity contribution is 0.936. The van der Waals surface area contributed by atoms with E-state index in [1.165, 1.54) is 72.0 Å². The van der Waals surface area contributed by atoms with Gasteiger partial charge in [0.2, 0.25) is 0 Å². The number of hydrogen-bond acceptors (Lipinski definition) is 1. The van der Waals surface area contributed by atoms with Gasteiger partial charge in [0, 0.05) is 17.1 Å². The summed E-state index contributed by atoms with van der Waals surface area (Å²) in [6, 6.07) is 66.7. The van der Waals surface area contributed by atoms with E-state index in [-0.39, 0.29) is 0 Å². The molecule has 0 radical (unpaired) electrons. The minimum absolute atomic E-state index is 0.999. The summed E-state index contributed by atoms with van der Waals surface area (Å²) >= 11 is 0. The molecule has 0 fully saturated rings. The van der Waals surface area contributed by atoms with Gasteiger partial charge in [-0.2, -0.15) is 0 Å². The van der Waals surface area contributed by atoms with E-state index < -0.39 is 0 Å². The fraction of sp³-hybridized carbons (Fsp3) is 0.0943. The molecule has 0 saturated carbocycles. The van der Waals surface area contributed by atoms with Gasteiger partial charge >= 0.3 is 0 Å². The number of benzene rings is 8. The molecule has 0 amide bonds. The van der Waals surface area contributed by atoms with E-state index in [1.54, 1.807) is 0 Å². The quantitative estimate of drug-likeness (QED) is 0.145. The Hall–Kier alpha value is -6.44. The van der Waals surface area contributed by atoms with Crippen molar-refractivity contribution in [2.45, 2.75) is 32.6 Å². The van der Waals surface area contributed by atoms with Crippen LogP contribution >= 0.6 is 0 Å². The molecular formula is C53H43N. The maximum absolute atomic E-state index is 2.44. The van der Waals surface area contributed by atoms with Crippen LogP contribution < -0.4 is 4.90 Å². The molecule has 0 N–H and O–H groups in total. The topological polar surface area (TPSA) is 3.24 Å². The molecule has 8 aromatic carbocycles. The van der Waals surface area contributed by atoms with Crippen LogP contribution in [0.3, 0.4) is 0 Å². The fourth-order valence-electron chi connectivity index (χ4n) is 8.20. The predicted octanol–water partition coefficient (Wildman–Crippen LogP) is 14.4. The fourth-order valence-corrected chi connectivity index (χ4v) is 8.20. The third-order valence-electron chi connectivity index (χ3n) is 11.0. The van der Waals surface area contributed by atoms with Crippen LogP contribution in [0, 0.1) is 6.92 Å². The highest BCUT2D eigenvalue weighted by molar-refractivity contribution is 6.00. The zero-order valence-corrected chi connectivity index (χ0v) is 30.8. The summed E-state index contributed by atoms with van der Waals surface area (Å²) in [6.07, 6.45) is 8.86. The average molecular weight is 694 g/mol. The van der Waals surface area contributed by atoms with Crippen molar-refractivity contribution >= 4 is 33.9 Å². The highest BCUT2D eigenvalue weighted by atomic mass is 15.1. The van der Waals surface area contributed by atoms with Gasteiger partial charge in [-0.3, -0.25) is 0 Å². The van der Waals surface area contributed by atoms with E-state index in [0.717, 1.165) is 42.7 Å². The summed E-state index contributed by atoms with van der Waals surface area (Å²) in [5, 5.41) is 2.65. The summed E-state index contributed by atoms with van der Waals surface area (Å²) in [4.78, 5) is 2.41. The first-order chi connectivity index (χ1) is 26.7. The van der Waals surface area contributed by atoms with E-state index in [9.17, 15) is 0 Å². The molecule has 0 aliphatic heterocycles. The first-order valence-corrected chi connectivity index (χ1v) is 19.2. The average Bonchev–Trinajstić information content (AvgIpc) is 3.24. The largest absolute Gasteiger partial charge is 0.310 e. The minimum atomic E-state index is 0.999. The number of fused-ring (bicyclic) bond motifs is 2. The molecule has 0 spiro atoms. The van der Waals surface area contributed by atoms with Gasteiger partial charge in [-0.1, -0.05) is 158 Å². The van der Waals surface area contributed by atoms with E-state index in [0.29, 0.717) is 0 Å². The minimum Gasteiger partial charge on any atom is -0.310 e. The smallest absolute Gasteiger partial charge is 0.0467 e. The molecule has 260 valence electrons. The molecule has 0 bridgehead atoms. The Balaban J connectivity index is 1.15. The summed E-state index contributed by atoms with van der Waals surface area (Å²) in [7, 11) is 0. The lowest BCUT2D eigenvalue weighted by Gasteiger charge is -2.27. The lowest BCUT2D eigenvalue weighted by Crippen LogP contribution is -2.10. The number of allylic oxidation sites excluding steroid dienone is 1. The SMILES string of the molecule is Cc1ccc2cccc(-c3cccc(N(c4cccc(-c5ccccc5)c4)c4cccc(-c5ccccc5)c4)c3)c2c1CCc1ccc2c(c1)CCC=C2. The monoisotopic (exact) mass is 693 g/mol. The zero-order chi connectivity index (χ0) is 36.3. The van der Waals surface area contributed by atoms with E-state index in [2.05, 4.69) is 206 Å². The predicted molar refractivity (Wildman–Crippen MR) is 231 cm³/mol. The molecule has 1 heteroatoms. The van der Waals surface area contributed by atoms with Crippen LogP contribution in [0.4, 0.5) is 17.1 Å². The van der Waals surface area contributed by atoms with E-state index in [4.69, 9.17) is 0 Å². The molecule has 0 saturated heterocycles. The highest BCUT2D eigenvalue weighted by Gasteiger charge is 2.18. The highest BCUT2D eigenvalue weighted by Crippen LogP contribution is 2.41. The number of anilines is 3. The second kappa shape index (κ2) is 14.9. The maximum Gasteiger partial charge on any atom is 0.0467 e. The van der Waals surface area contributed by atoms with Crippen LogP contribution in [0.2, 0.25) is 0 Å². The Morgan fingerprint density at radius 2 is 1.07 bits per heavy atom. The second-order valence-electron chi connectivity index (χ2n) is 14.5. The van der Waals surface area contributed by atoms with Gasteiger partial charge in [-0.05, 0) is 141 Å². The van der Waals surface area contributed by atoms with Crippen LogP contribution in [0.15, 0.2) is 188 Å². The first-order valence-electron chi connectivity index (χ1n) is 19.2. The van der Waals surface area contributed by atoms with Crippen LogP contribution in [-0.4, -0.2) is 0 Å². The molecule has 0 unspecified atom stereocenters. The van der Waals surface area contributed by atoms with Gasteiger partial charge in [-0.15, -0.1) is 0 Å². The van der Waals surface area contributed by atoms with Crippen molar-refractivity contribution < 1.29 is 0 Å². The van der Waals surface area contributed by atoms with Crippen molar-refractivity contribution in [2.75, 3.05) is 4.90 Å². The Labute approximate surface area is 319 Å². The number of rotatable bonds is 9. The third kappa shape index (κ3) is 6.77. The van der Waals surface area contributed by atoms with Crippen LogP contribution in [-0.2, 0) is 19.3 Å². The van der Waals surface area contributed by atoms with E-state index >= 15 is 0 Å². The van der Waals surface area contributed by atoms with Gasteiger partial charge in [0.15, 0.2) is 0 Å². The molecule has 1 aliphatic rings. The maximum atomic E-state index is 2.44. The van der Waals surface area contributed by atoms with Crippen molar-refractivity contribution in [1.29, 1.82) is 0 Å². The van der Waals surface area contributed by atoms with Gasteiger partial charge in [-0.25, -0.2) is 0 Å². The number of hydrogen-bond donors (Lipinski definition) is 0. The second-order valence-corrected chi connectivity index (χ2v) is 14.5. The number of aryl methyl sites for hydroxylation is 4. The van der Waals surface area contributed by atoms with Gasteiger partial charge in [0.1, 0.15) is 0 Å². The van der Waals surface area contributed by atoms with Crippen molar-refractivity contribution in [3.05, 3.63) is 216 Å². The molecule has 9 rings (SSSR count). The van der Waals surface area contributed by atoms with Gasteiger partial charge in [0.25, 0.3) is 0 Å². The van der Waals surface area contributed by atoms with E-state index in [1.807, 2.05) is 0 Å². The number of nitrogens with zero attached hydrogens (tertiary/aromatic N) is 1. The third-order valence-corrected chi connectivity index (χ3v) is 11.0. The molecule has 1 aliphatic carbocycles. The van der Waals surface area contributed by atoms with Crippen molar-refractivity contribution in [3.63, 3.8) is 0 Å². The summed E-state index contributed by atoms with van der Waals surface area (Å²) < 4.78 is 0. The Kier molecular flexibility index (Phi) is 9.21. The van der Waals surface area contributed by atoms with Crippen LogP contribution in [0.25, 0.3) is 50.2 Å². The molecule has 54 heavy (non-hydrogen) atoms. The summed E-state index contributed by atoms with van der Waals surface area (Å²) in [5.74, 6) is 0. The summed E-state index contributed by atoms with van der Waals surface area (Å²) in [5.41, 5.74) is 17.7. The Morgan fingerprint density at radius 1 is 0.481 bits per heavy atom. The molecule has 1 nitrogen and oxygen atoms in total. The summed E-state index contributed by atoms with van der Waals surface area (Å²) in [6.45, 7) is 2.28. The van der Waals surface area contributed by atoms with Crippen molar-refractivity contribution in [3.8, 4) is 33.4 Å². The Morgan fingerprint density at radius 3 is 1.74 bits per heavy atom. The molecule has 0 heterocycles. The van der Waals surface area contributed by atoms with Crippen molar-refractivity contribution in [1.82, 2.24) is 0 Å². The molecule has 0 aromatic heterocycles. The standard InChI is InChI=1S/C53H43N/c1-38-28-31-43-20-13-27-52(53(43)51(38)33-30-39-29-32-42-18-8-9-19-44(42)34-39)47-23-12-26-50(37-47)54(48-24-10-21-45(35-48)40-14-4-2-5-15-40)49-25-11-22-46(36-49)41-16-6-3-7-17-41/h2-8,10-18,20-29,31-32,34-37H,9,19,30,33H2,1H3. The zero-order valence-electron chi connectivity index (χ0n) is 30.8.